The normalized spacial score (nSPS) is 10.7. The predicted octanol–water partition coefficient (Wildman–Crippen LogP) is 4.89. The Hall–Kier alpha value is -0.990. The lowest BCUT2D eigenvalue weighted by atomic mass is 10.0. The van der Waals surface area contributed by atoms with Crippen LogP contribution in [0.3, 0.4) is 0 Å². The molecule has 0 amide bonds. The zero-order valence-electron chi connectivity index (χ0n) is 10.4. The Labute approximate surface area is 121 Å². The molecule has 2 aromatic carbocycles. The minimum atomic E-state index is 0.653. The van der Waals surface area contributed by atoms with Crippen LogP contribution in [-0.4, -0.2) is 0 Å². The van der Waals surface area contributed by atoms with E-state index in [4.69, 9.17) is 17.3 Å². The maximum absolute atomic E-state index is 6.25. The highest BCUT2D eigenvalue weighted by molar-refractivity contribution is 9.10. The van der Waals surface area contributed by atoms with E-state index in [9.17, 15) is 0 Å². The van der Waals surface area contributed by atoms with E-state index in [0.717, 1.165) is 22.0 Å². The largest absolute Gasteiger partial charge is 0.398 e. The van der Waals surface area contributed by atoms with Crippen LogP contribution < -0.4 is 5.73 Å². The summed E-state index contributed by atoms with van der Waals surface area (Å²) in [6.45, 7) is 4.11. The minimum absolute atomic E-state index is 0.653. The van der Waals surface area contributed by atoms with Crippen molar-refractivity contribution in [1.29, 1.82) is 0 Å². The molecule has 0 aliphatic rings. The summed E-state index contributed by atoms with van der Waals surface area (Å²) >= 11 is 9.76. The van der Waals surface area contributed by atoms with Crippen molar-refractivity contribution < 1.29 is 0 Å². The molecule has 18 heavy (non-hydrogen) atoms. The van der Waals surface area contributed by atoms with Crippen molar-refractivity contribution in [2.24, 2.45) is 0 Å². The molecule has 2 rings (SSSR count). The molecule has 0 saturated heterocycles. The van der Waals surface area contributed by atoms with Gasteiger partial charge < -0.3 is 5.73 Å². The van der Waals surface area contributed by atoms with Crippen LogP contribution in [0.5, 0.6) is 0 Å². The van der Waals surface area contributed by atoms with Crippen LogP contribution in [0, 0.1) is 13.8 Å². The number of halogens is 2. The maximum Gasteiger partial charge on any atom is 0.0670 e. The van der Waals surface area contributed by atoms with Crippen LogP contribution in [0.1, 0.15) is 22.3 Å². The number of benzene rings is 2. The van der Waals surface area contributed by atoms with Crippen LogP contribution in [0.25, 0.3) is 0 Å². The van der Waals surface area contributed by atoms with Gasteiger partial charge >= 0.3 is 0 Å². The van der Waals surface area contributed by atoms with E-state index >= 15 is 0 Å². The van der Waals surface area contributed by atoms with Gasteiger partial charge in [0.2, 0.25) is 0 Å². The highest BCUT2D eigenvalue weighted by atomic mass is 79.9. The topological polar surface area (TPSA) is 26.0 Å². The molecule has 0 aliphatic carbocycles. The summed E-state index contributed by atoms with van der Waals surface area (Å²) in [5.41, 5.74) is 11.2. The number of nitrogens with two attached hydrogens (primary N) is 1. The Morgan fingerprint density at radius 3 is 2.56 bits per heavy atom. The smallest absolute Gasteiger partial charge is 0.0670 e. The SMILES string of the molecule is Cc1cc(N)c(Cl)c(Cc2ccc(Br)c(C)c2)c1. The Morgan fingerprint density at radius 2 is 1.89 bits per heavy atom. The molecule has 0 bridgehead atoms. The average Bonchev–Trinajstić information content (AvgIpc) is 2.30. The zero-order valence-corrected chi connectivity index (χ0v) is 12.8. The highest BCUT2D eigenvalue weighted by Gasteiger charge is 2.07. The first-order chi connectivity index (χ1) is 8.47. The fourth-order valence-corrected chi connectivity index (χ4v) is 2.46. The van der Waals surface area contributed by atoms with Crippen molar-refractivity contribution in [3.63, 3.8) is 0 Å². The van der Waals surface area contributed by atoms with Gasteiger partial charge in [-0.3, -0.25) is 0 Å². The van der Waals surface area contributed by atoms with E-state index in [0.29, 0.717) is 10.7 Å². The summed E-state index contributed by atoms with van der Waals surface area (Å²) in [5, 5.41) is 0.668. The van der Waals surface area contributed by atoms with Crippen LogP contribution >= 0.6 is 27.5 Å². The fraction of sp³-hybridized carbons (Fsp3) is 0.200. The highest BCUT2D eigenvalue weighted by Crippen LogP contribution is 2.28. The molecule has 2 N–H and O–H groups in total. The van der Waals surface area contributed by atoms with E-state index < -0.39 is 0 Å². The summed E-state index contributed by atoms with van der Waals surface area (Å²) in [6, 6.07) is 10.3. The van der Waals surface area contributed by atoms with Gasteiger partial charge in [-0.15, -0.1) is 0 Å². The molecule has 0 heterocycles. The second-order valence-electron chi connectivity index (χ2n) is 4.59. The average molecular weight is 325 g/mol. The summed E-state index contributed by atoms with van der Waals surface area (Å²) in [7, 11) is 0. The van der Waals surface area contributed by atoms with Gasteiger partial charge in [-0.2, -0.15) is 0 Å². The maximum atomic E-state index is 6.25. The molecule has 0 saturated carbocycles. The van der Waals surface area contributed by atoms with Gasteiger partial charge in [-0.05, 0) is 54.7 Å². The van der Waals surface area contributed by atoms with Crippen LogP contribution in [0.15, 0.2) is 34.8 Å². The molecule has 0 unspecified atom stereocenters. The molecule has 0 fully saturated rings. The number of rotatable bonds is 2. The monoisotopic (exact) mass is 323 g/mol. The van der Waals surface area contributed by atoms with Gasteiger partial charge in [-0.1, -0.05) is 45.7 Å². The van der Waals surface area contributed by atoms with Gasteiger partial charge in [0.05, 0.1) is 10.7 Å². The third-order valence-electron chi connectivity index (χ3n) is 2.94. The molecule has 94 valence electrons. The fourth-order valence-electron chi connectivity index (χ4n) is 2.04. The van der Waals surface area contributed by atoms with Crippen LogP contribution in [0.4, 0.5) is 5.69 Å². The summed E-state index contributed by atoms with van der Waals surface area (Å²) in [5.74, 6) is 0. The minimum Gasteiger partial charge on any atom is -0.398 e. The number of hydrogen-bond acceptors (Lipinski definition) is 1. The second kappa shape index (κ2) is 5.33. The Morgan fingerprint density at radius 1 is 1.17 bits per heavy atom. The Balaban J connectivity index is 2.36. The summed E-state index contributed by atoms with van der Waals surface area (Å²) < 4.78 is 1.13. The number of nitrogen functional groups attached to an aromatic ring is 1. The number of aryl methyl sites for hydroxylation is 2. The van der Waals surface area contributed by atoms with Gasteiger partial charge in [0.1, 0.15) is 0 Å². The molecule has 0 spiro atoms. The first-order valence-electron chi connectivity index (χ1n) is 5.77. The molecule has 3 heteroatoms. The molecule has 2 aromatic rings. The first-order valence-corrected chi connectivity index (χ1v) is 6.94. The standard InChI is InChI=1S/C15H15BrClN/c1-9-5-12(15(17)14(18)6-9)8-11-3-4-13(16)10(2)7-11/h3-7H,8,18H2,1-2H3. The van der Waals surface area contributed by atoms with E-state index in [2.05, 4.69) is 47.1 Å². The second-order valence-corrected chi connectivity index (χ2v) is 5.82. The van der Waals surface area contributed by atoms with Crippen LogP contribution in [0.2, 0.25) is 5.02 Å². The van der Waals surface area contributed by atoms with Crippen molar-refractivity contribution in [3.8, 4) is 0 Å². The van der Waals surface area contributed by atoms with Crippen molar-refractivity contribution in [2.45, 2.75) is 20.3 Å². The predicted molar refractivity (Wildman–Crippen MR) is 82.3 cm³/mol. The molecule has 0 radical (unpaired) electrons. The van der Waals surface area contributed by atoms with E-state index in [1.54, 1.807) is 0 Å². The van der Waals surface area contributed by atoms with Gasteiger partial charge in [0.25, 0.3) is 0 Å². The lowest BCUT2D eigenvalue weighted by Crippen LogP contribution is -1.96. The molecule has 0 aliphatic heterocycles. The summed E-state index contributed by atoms with van der Waals surface area (Å²) in [6.07, 6.45) is 0.804. The number of hydrogen-bond donors (Lipinski definition) is 1. The summed E-state index contributed by atoms with van der Waals surface area (Å²) in [4.78, 5) is 0. The third kappa shape index (κ3) is 2.88. The van der Waals surface area contributed by atoms with Gasteiger partial charge in [0, 0.05) is 4.47 Å². The molecule has 0 atom stereocenters. The van der Waals surface area contributed by atoms with Crippen molar-refractivity contribution in [2.75, 3.05) is 5.73 Å². The van der Waals surface area contributed by atoms with E-state index in [1.807, 2.05) is 13.0 Å². The van der Waals surface area contributed by atoms with Crippen LogP contribution in [-0.2, 0) is 6.42 Å². The molecule has 0 aromatic heterocycles. The van der Waals surface area contributed by atoms with E-state index in [1.165, 1.54) is 11.1 Å². The molecular formula is C15H15BrClN. The zero-order chi connectivity index (χ0) is 13.3. The van der Waals surface area contributed by atoms with Gasteiger partial charge in [0.15, 0.2) is 0 Å². The lowest BCUT2D eigenvalue weighted by molar-refractivity contribution is 1.17. The Bertz CT molecular complexity index is 593. The van der Waals surface area contributed by atoms with Crippen molar-refractivity contribution in [1.82, 2.24) is 0 Å². The van der Waals surface area contributed by atoms with Crippen molar-refractivity contribution in [3.05, 3.63) is 62.1 Å². The molecular weight excluding hydrogens is 310 g/mol. The molecule has 1 nitrogen and oxygen atoms in total. The lowest BCUT2D eigenvalue weighted by Gasteiger charge is -2.10. The van der Waals surface area contributed by atoms with Crippen molar-refractivity contribution >= 4 is 33.2 Å². The van der Waals surface area contributed by atoms with Gasteiger partial charge in [-0.25, -0.2) is 0 Å². The van der Waals surface area contributed by atoms with E-state index in [-0.39, 0.29) is 0 Å². The number of anilines is 1. The third-order valence-corrected chi connectivity index (χ3v) is 4.29. The quantitative estimate of drug-likeness (QED) is 0.782. The first kappa shape index (κ1) is 13.4. The Kier molecular flexibility index (Phi) is 3.98.